The van der Waals surface area contributed by atoms with Crippen LogP contribution in [0.4, 0.5) is 26.2 Å². The van der Waals surface area contributed by atoms with E-state index in [2.05, 4.69) is 20.9 Å². The molecule has 4 heterocycles. The van der Waals surface area contributed by atoms with Crippen LogP contribution in [-0.4, -0.2) is 79.2 Å². The number of phenolic OH excluding ortho intramolecular Hbond substituents is 1. The van der Waals surface area contributed by atoms with Crippen LogP contribution in [0.25, 0.3) is 21.8 Å². The summed E-state index contributed by atoms with van der Waals surface area (Å²) >= 11 is 0. The van der Waals surface area contributed by atoms with Crippen LogP contribution in [0.1, 0.15) is 43.2 Å². The summed E-state index contributed by atoms with van der Waals surface area (Å²) in [4.78, 5) is 64.0. The number of fused-ring (bicyclic) bond motifs is 2. The fraction of sp³-hybridized carbons (Fsp3) is 0.308. The summed E-state index contributed by atoms with van der Waals surface area (Å²) in [7, 11) is -2.67. The number of amides is 5. The Balaban J connectivity index is 0.820. The molecule has 4 aromatic carbocycles. The van der Waals surface area contributed by atoms with Crippen molar-refractivity contribution < 1.29 is 41.8 Å². The quantitative estimate of drug-likeness (QED) is 0.108. The molecule has 3 fully saturated rings. The van der Waals surface area contributed by atoms with Crippen molar-refractivity contribution in [1.29, 1.82) is 0 Å². The summed E-state index contributed by atoms with van der Waals surface area (Å²) in [5, 5.41) is 18.4. The molecule has 0 spiro atoms. The van der Waals surface area contributed by atoms with Gasteiger partial charge in [0.15, 0.2) is 5.82 Å². The van der Waals surface area contributed by atoms with Gasteiger partial charge in [0.2, 0.25) is 11.8 Å². The second-order valence-electron chi connectivity index (χ2n) is 14.4. The number of anilines is 3. The smallest absolute Gasteiger partial charge is 0.329 e. The number of halogens is 1. The van der Waals surface area contributed by atoms with Gasteiger partial charge in [-0.1, -0.05) is 12.1 Å². The summed E-state index contributed by atoms with van der Waals surface area (Å²) in [6, 6.07) is 17.8. The Bertz CT molecular complexity index is 2670. The molecule has 0 saturated carbocycles. The first-order valence-corrected chi connectivity index (χ1v) is 20.1. The van der Waals surface area contributed by atoms with Gasteiger partial charge in [0, 0.05) is 43.3 Å². The van der Waals surface area contributed by atoms with E-state index in [9.17, 15) is 37.5 Å². The van der Waals surface area contributed by atoms with E-state index in [1.807, 2.05) is 42.5 Å². The van der Waals surface area contributed by atoms with Gasteiger partial charge in [-0.15, -0.1) is 0 Å². The topological polar surface area (TPSA) is 213 Å². The van der Waals surface area contributed by atoms with E-state index in [4.69, 9.17) is 4.74 Å². The molecule has 0 bridgehead atoms. The van der Waals surface area contributed by atoms with Gasteiger partial charge < -0.3 is 25.4 Å². The number of nitrogens with zero attached hydrogens (tertiary/aromatic N) is 4. The molecular weight excluding hydrogens is 776 g/mol. The number of benzene rings is 4. The van der Waals surface area contributed by atoms with E-state index in [0.717, 1.165) is 42.7 Å². The second-order valence-corrected chi connectivity index (χ2v) is 16.0. The van der Waals surface area contributed by atoms with Crippen molar-refractivity contribution in [3.8, 4) is 11.5 Å². The highest BCUT2D eigenvalue weighted by Gasteiger charge is 2.38. The van der Waals surface area contributed by atoms with E-state index in [1.54, 1.807) is 16.3 Å². The lowest BCUT2D eigenvalue weighted by Crippen LogP contribution is -2.44. The lowest BCUT2D eigenvalue weighted by Gasteiger charge is -2.34. The average Bonchev–Trinajstić information content (AvgIpc) is 3.61. The van der Waals surface area contributed by atoms with Crippen LogP contribution in [0.2, 0.25) is 0 Å². The number of hydrogen-bond donors (Lipinski definition) is 5. The summed E-state index contributed by atoms with van der Waals surface area (Å²) in [6.45, 7) is 1.07. The molecule has 3 aliphatic heterocycles. The van der Waals surface area contributed by atoms with Gasteiger partial charge in [0.05, 0.1) is 17.6 Å². The Hall–Kier alpha value is -6.63. The standard InChI is InChI=1S/C39H39FN8O9S/c1-45-31-18-23(3-9-29(31)48(39(45)54)30-10-11-33(50)43-37(30)52)22-12-15-46(16-13-22)26-6-4-25(5-7-26)42-38(53)41-14-17-57-27-8-2-24-19-32(49)36(35(40)28(24)20-27)47-21-34(51)44-58(47,55)56/h2-9,18-20,22,30,49H,10-17,21H2,1H3,(H,44,51)(H2,41,42,53)(H,43,50,52). The Morgan fingerprint density at radius 3 is 2.41 bits per heavy atom. The number of phenols is 1. The zero-order valence-corrected chi connectivity index (χ0v) is 32.0. The molecule has 302 valence electrons. The number of urea groups is 1. The number of imidazole rings is 1. The third-order valence-electron chi connectivity index (χ3n) is 10.8. The predicted molar refractivity (Wildman–Crippen MR) is 212 cm³/mol. The largest absolute Gasteiger partial charge is 0.506 e. The SMILES string of the molecule is Cn1c(=O)n(C2CCC(=O)NC2=O)c2ccc(C3CCN(c4ccc(NC(=O)NCCOc5ccc6cc(O)c(N7CC(=O)NS7(=O)=O)c(F)c6c5)cc4)CC3)cc21. The summed E-state index contributed by atoms with van der Waals surface area (Å²) in [5.74, 6) is -2.82. The first kappa shape index (κ1) is 38.3. The Morgan fingerprint density at radius 1 is 0.948 bits per heavy atom. The molecule has 17 nitrogen and oxygen atoms in total. The van der Waals surface area contributed by atoms with Crippen molar-refractivity contribution in [2.45, 2.75) is 37.6 Å². The van der Waals surface area contributed by atoms with Crippen LogP contribution in [0.5, 0.6) is 11.5 Å². The van der Waals surface area contributed by atoms with E-state index in [0.29, 0.717) is 15.5 Å². The number of aromatic hydroxyl groups is 1. The number of carbonyl (C=O) groups excluding carboxylic acids is 4. The Labute approximate surface area is 330 Å². The monoisotopic (exact) mass is 814 g/mol. The molecule has 3 saturated heterocycles. The second kappa shape index (κ2) is 15.0. The highest BCUT2D eigenvalue weighted by atomic mass is 32.2. The van der Waals surface area contributed by atoms with Gasteiger partial charge in [-0.3, -0.25) is 28.8 Å². The van der Waals surface area contributed by atoms with Crippen LogP contribution in [0.3, 0.4) is 0 Å². The van der Waals surface area contributed by atoms with Crippen LogP contribution >= 0.6 is 0 Å². The third kappa shape index (κ3) is 7.23. The summed E-state index contributed by atoms with van der Waals surface area (Å²) in [5.41, 5.74) is 3.18. The number of imide groups is 1. The third-order valence-corrected chi connectivity index (χ3v) is 12.2. The van der Waals surface area contributed by atoms with Crippen molar-refractivity contribution in [3.63, 3.8) is 0 Å². The molecule has 8 rings (SSSR count). The van der Waals surface area contributed by atoms with Gasteiger partial charge in [0.25, 0.3) is 5.91 Å². The molecule has 5 amide bonds. The molecule has 5 N–H and O–H groups in total. The van der Waals surface area contributed by atoms with Crippen LogP contribution < -0.4 is 40.3 Å². The normalized spacial score (nSPS) is 18.4. The lowest BCUT2D eigenvalue weighted by molar-refractivity contribution is -0.135. The van der Waals surface area contributed by atoms with E-state index in [-0.39, 0.29) is 60.0 Å². The Kier molecular flexibility index (Phi) is 9.92. The molecule has 0 aliphatic carbocycles. The number of nitrogens with one attached hydrogen (secondary N) is 4. The average molecular weight is 815 g/mol. The minimum absolute atomic E-state index is 0.0282. The van der Waals surface area contributed by atoms with Crippen molar-refractivity contribution in [1.82, 2.24) is 24.5 Å². The molecule has 0 radical (unpaired) electrons. The van der Waals surface area contributed by atoms with Crippen LogP contribution in [0, 0.1) is 5.82 Å². The lowest BCUT2D eigenvalue weighted by atomic mass is 9.89. The van der Waals surface area contributed by atoms with Crippen LogP contribution in [-0.2, 0) is 31.6 Å². The van der Waals surface area contributed by atoms with Crippen molar-refractivity contribution in [2.75, 3.05) is 47.3 Å². The fourth-order valence-corrected chi connectivity index (χ4v) is 9.04. The first-order valence-electron chi connectivity index (χ1n) is 18.6. The molecule has 3 aliphatic rings. The van der Waals surface area contributed by atoms with Crippen molar-refractivity contribution in [3.05, 3.63) is 88.6 Å². The maximum atomic E-state index is 15.5. The number of aromatic nitrogens is 2. The zero-order valence-electron chi connectivity index (χ0n) is 31.2. The highest BCUT2D eigenvalue weighted by molar-refractivity contribution is 7.92. The van der Waals surface area contributed by atoms with Crippen LogP contribution in [0.15, 0.2) is 71.5 Å². The molecule has 1 aromatic heterocycles. The number of piperidine rings is 2. The van der Waals surface area contributed by atoms with Gasteiger partial charge in [-0.25, -0.2) is 23.0 Å². The summed E-state index contributed by atoms with van der Waals surface area (Å²) in [6.07, 6.45) is 2.24. The van der Waals surface area contributed by atoms with Gasteiger partial charge >= 0.3 is 21.9 Å². The predicted octanol–water partition coefficient (Wildman–Crippen LogP) is 3.08. The number of aryl methyl sites for hydroxylation is 1. The molecule has 19 heteroatoms. The minimum Gasteiger partial charge on any atom is -0.506 e. The van der Waals surface area contributed by atoms with E-state index < -0.39 is 57.9 Å². The maximum Gasteiger partial charge on any atom is 0.329 e. The molecule has 58 heavy (non-hydrogen) atoms. The van der Waals surface area contributed by atoms with Crippen molar-refractivity contribution in [2.24, 2.45) is 7.05 Å². The highest BCUT2D eigenvalue weighted by Crippen LogP contribution is 2.39. The number of hydrogen-bond acceptors (Lipinski definition) is 10. The van der Waals surface area contributed by atoms with Gasteiger partial charge in [-0.05, 0) is 90.7 Å². The zero-order chi connectivity index (χ0) is 40.9. The Morgan fingerprint density at radius 2 is 1.71 bits per heavy atom. The molecule has 5 aromatic rings. The van der Waals surface area contributed by atoms with Crippen molar-refractivity contribution >= 4 is 72.8 Å². The number of rotatable bonds is 9. The van der Waals surface area contributed by atoms with Gasteiger partial charge in [-0.2, -0.15) is 8.42 Å². The molecule has 1 atom stereocenters. The molecular formula is C39H39FN8O9S. The summed E-state index contributed by atoms with van der Waals surface area (Å²) < 4.78 is 51.0. The maximum absolute atomic E-state index is 15.5. The number of ether oxygens (including phenoxy) is 1. The fourth-order valence-electron chi connectivity index (χ4n) is 7.88. The van der Waals surface area contributed by atoms with E-state index in [1.165, 1.54) is 28.8 Å². The van der Waals surface area contributed by atoms with E-state index >= 15 is 4.39 Å². The minimum atomic E-state index is -4.36. The number of carbonyl (C=O) groups is 4. The molecule has 1 unspecified atom stereocenters. The first-order chi connectivity index (χ1) is 27.8. The van der Waals surface area contributed by atoms with Gasteiger partial charge in [0.1, 0.15) is 36.4 Å².